The van der Waals surface area contributed by atoms with E-state index in [1.165, 1.54) is 37.1 Å². The van der Waals surface area contributed by atoms with E-state index < -0.39 is 0 Å². The Morgan fingerprint density at radius 2 is 2.00 bits per heavy atom. The van der Waals surface area contributed by atoms with E-state index in [1.807, 2.05) is 4.90 Å². The molecule has 2 saturated heterocycles. The Balaban J connectivity index is 1.54. The van der Waals surface area contributed by atoms with Crippen LogP contribution in [0.15, 0.2) is 24.3 Å². The van der Waals surface area contributed by atoms with E-state index in [0.29, 0.717) is 18.9 Å². The fourth-order valence-corrected chi connectivity index (χ4v) is 3.80. The highest BCUT2D eigenvalue weighted by Gasteiger charge is 2.29. The minimum absolute atomic E-state index is 0.278. The lowest BCUT2D eigenvalue weighted by Gasteiger charge is -2.17. The van der Waals surface area contributed by atoms with Crippen molar-refractivity contribution in [3.05, 3.63) is 35.4 Å². The third-order valence-corrected chi connectivity index (χ3v) is 4.98. The lowest BCUT2D eigenvalue weighted by Crippen LogP contribution is -2.28. The van der Waals surface area contributed by atoms with Crippen molar-refractivity contribution in [2.24, 2.45) is 5.92 Å². The summed E-state index contributed by atoms with van der Waals surface area (Å²) in [6.45, 7) is 5.76. The smallest absolute Gasteiger partial charge is 0.223 e. The minimum atomic E-state index is 0.278. The molecule has 1 aromatic rings. The number of ether oxygens (including phenoxy) is 1. The van der Waals surface area contributed by atoms with Crippen LogP contribution >= 0.6 is 0 Å². The summed E-state index contributed by atoms with van der Waals surface area (Å²) in [5.41, 5.74) is 2.78. The van der Waals surface area contributed by atoms with Crippen LogP contribution in [0.2, 0.25) is 0 Å². The Bertz CT molecular complexity index is 526. The van der Waals surface area contributed by atoms with Crippen molar-refractivity contribution in [1.82, 2.24) is 9.80 Å². The fraction of sp³-hybridized carbons (Fsp3) is 0.632. The second-order valence-electron chi connectivity index (χ2n) is 6.91. The monoisotopic (exact) mass is 316 g/mol. The zero-order valence-electron chi connectivity index (χ0n) is 14.2. The molecule has 23 heavy (non-hydrogen) atoms. The molecular weight excluding hydrogens is 288 g/mol. The van der Waals surface area contributed by atoms with Crippen LogP contribution in [0.5, 0.6) is 0 Å². The number of amides is 1. The van der Waals surface area contributed by atoms with Gasteiger partial charge in [0.25, 0.3) is 0 Å². The molecule has 0 radical (unpaired) electrons. The van der Waals surface area contributed by atoms with Gasteiger partial charge in [0, 0.05) is 33.2 Å². The predicted octanol–water partition coefficient (Wildman–Crippen LogP) is 2.32. The minimum Gasteiger partial charge on any atom is -0.383 e. The summed E-state index contributed by atoms with van der Waals surface area (Å²) in [6, 6.07) is 8.93. The van der Waals surface area contributed by atoms with E-state index in [4.69, 9.17) is 4.74 Å². The number of likely N-dealkylation sites (tertiary alicyclic amines) is 2. The molecule has 2 fully saturated rings. The number of hydrogen-bond donors (Lipinski definition) is 0. The highest BCUT2D eigenvalue weighted by Crippen LogP contribution is 2.23. The van der Waals surface area contributed by atoms with Crippen LogP contribution in [0, 0.1) is 5.92 Å². The first-order chi connectivity index (χ1) is 11.2. The Morgan fingerprint density at radius 1 is 1.22 bits per heavy atom. The first-order valence-electron chi connectivity index (χ1n) is 8.81. The van der Waals surface area contributed by atoms with Crippen molar-refractivity contribution < 1.29 is 9.53 Å². The number of methoxy groups -OCH3 is 1. The predicted molar refractivity (Wildman–Crippen MR) is 91.2 cm³/mol. The third-order valence-electron chi connectivity index (χ3n) is 4.98. The van der Waals surface area contributed by atoms with Crippen LogP contribution in [0.1, 0.15) is 30.4 Å². The van der Waals surface area contributed by atoms with Crippen molar-refractivity contribution in [3.8, 4) is 0 Å². The first kappa shape index (κ1) is 16.5. The fourth-order valence-electron chi connectivity index (χ4n) is 3.80. The van der Waals surface area contributed by atoms with Crippen LogP contribution in [0.3, 0.4) is 0 Å². The SMILES string of the molecule is COCCN1C[C@H](Cc2cccc(CN3CCCC3)c2)CC1=O. The van der Waals surface area contributed by atoms with Crippen molar-refractivity contribution in [3.63, 3.8) is 0 Å². The van der Waals surface area contributed by atoms with Crippen molar-refractivity contribution in [1.29, 1.82) is 0 Å². The van der Waals surface area contributed by atoms with Crippen molar-refractivity contribution in [2.75, 3.05) is 39.9 Å². The molecule has 0 bridgehead atoms. The second kappa shape index (κ2) is 7.93. The van der Waals surface area contributed by atoms with Crippen LogP contribution in [0.25, 0.3) is 0 Å². The van der Waals surface area contributed by atoms with Gasteiger partial charge in [-0.2, -0.15) is 0 Å². The normalized spacial score (nSPS) is 22.2. The summed E-state index contributed by atoms with van der Waals surface area (Å²) in [7, 11) is 1.68. The molecule has 3 rings (SSSR count). The summed E-state index contributed by atoms with van der Waals surface area (Å²) >= 11 is 0. The van der Waals surface area contributed by atoms with Gasteiger partial charge in [0.1, 0.15) is 0 Å². The van der Waals surface area contributed by atoms with Crippen LogP contribution in [0.4, 0.5) is 0 Å². The summed E-state index contributed by atoms with van der Waals surface area (Å²) < 4.78 is 5.09. The van der Waals surface area contributed by atoms with E-state index in [1.54, 1.807) is 7.11 Å². The molecule has 1 amide bonds. The van der Waals surface area contributed by atoms with Gasteiger partial charge in [-0.1, -0.05) is 24.3 Å². The summed E-state index contributed by atoms with van der Waals surface area (Å²) in [5, 5.41) is 0. The lowest BCUT2D eigenvalue weighted by molar-refractivity contribution is -0.128. The Labute approximate surface area is 139 Å². The molecule has 4 nitrogen and oxygen atoms in total. The standard InChI is InChI=1S/C19H28N2O2/c1-23-10-9-21-15-18(13-19(21)22)12-16-5-4-6-17(11-16)14-20-7-2-3-8-20/h4-6,11,18H,2-3,7-10,12-15H2,1H3/t18-/m1/s1. The van der Waals surface area contributed by atoms with Gasteiger partial charge in [-0.05, 0) is 49.4 Å². The molecule has 2 aliphatic heterocycles. The van der Waals surface area contributed by atoms with Crippen molar-refractivity contribution in [2.45, 2.75) is 32.2 Å². The largest absolute Gasteiger partial charge is 0.383 e. The molecule has 1 aromatic carbocycles. The van der Waals surface area contributed by atoms with Crippen LogP contribution < -0.4 is 0 Å². The van der Waals surface area contributed by atoms with Gasteiger partial charge in [-0.15, -0.1) is 0 Å². The van der Waals surface area contributed by atoms with E-state index in [9.17, 15) is 4.79 Å². The van der Waals surface area contributed by atoms with E-state index in [0.717, 1.165) is 26.1 Å². The van der Waals surface area contributed by atoms with Crippen LogP contribution in [-0.2, 0) is 22.5 Å². The molecular formula is C19H28N2O2. The highest BCUT2D eigenvalue weighted by molar-refractivity contribution is 5.78. The van der Waals surface area contributed by atoms with Gasteiger partial charge < -0.3 is 9.64 Å². The van der Waals surface area contributed by atoms with E-state index in [-0.39, 0.29) is 5.91 Å². The average molecular weight is 316 g/mol. The van der Waals surface area contributed by atoms with Gasteiger partial charge in [0.05, 0.1) is 6.61 Å². The number of rotatable bonds is 7. The summed E-state index contributed by atoms with van der Waals surface area (Å²) in [4.78, 5) is 16.5. The summed E-state index contributed by atoms with van der Waals surface area (Å²) in [6.07, 6.45) is 4.35. The third kappa shape index (κ3) is 4.55. The Kier molecular flexibility index (Phi) is 5.68. The molecule has 0 aliphatic carbocycles. The zero-order valence-corrected chi connectivity index (χ0v) is 14.2. The molecule has 4 heteroatoms. The number of hydrogen-bond acceptors (Lipinski definition) is 3. The van der Waals surface area contributed by atoms with Gasteiger partial charge in [0.2, 0.25) is 5.91 Å². The molecule has 126 valence electrons. The molecule has 0 aromatic heterocycles. The molecule has 2 heterocycles. The van der Waals surface area contributed by atoms with Gasteiger partial charge in [-0.25, -0.2) is 0 Å². The average Bonchev–Trinajstić information content (AvgIpc) is 3.15. The van der Waals surface area contributed by atoms with Gasteiger partial charge in [0.15, 0.2) is 0 Å². The second-order valence-corrected chi connectivity index (χ2v) is 6.91. The lowest BCUT2D eigenvalue weighted by atomic mass is 9.97. The quantitative estimate of drug-likeness (QED) is 0.774. The topological polar surface area (TPSA) is 32.8 Å². The van der Waals surface area contributed by atoms with E-state index >= 15 is 0 Å². The number of nitrogens with zero attached hydrogens (tertiary/aromatic N) is 2. The zero-order chi connectivity index (χ0) is 16.1. The molecule has 0 unspecified atom stereocenters. The van der Waals surface area contributed by atoms with Crippen molar-refractivity contribution >= 4 is 5.91 Å². The van der Waals surface area contributed by atoms with E-state index in [2.05, 4.69) is 29.2 Å². The van der Waals surface area contributed by atoms with Crippen LogP contribution in [-0.4, -0.2) is 55.6 Å². The Morgan fingerprint density at radius 3 is 2.78 bits per heavy atom. The first-order valence-corrected chi connectivity index (χ1v) is 8.81. The van der Waals surface area contributed by atoms with Gasteiger partial charge in [-0.3, -0.25) is 9.69 Å². The number of carbonyl (C=O) groups is 1. The molecule has 1 atom stereocenters. The number of benzene rings is 1. The number of carbonyl (C=O) groups excluding carboxylic acids is 1. The molecule has 2 aliphatic rings. The van der Waals surface area contributed by atoms with Gasteiger partial charge >= 0.3 is 0 Å². The highest BCUT2D eigenvalue weighted by atomic mass is 16.5. The summed E-state index contributed by atoms with van der Waals surface area (Å²) in [5.74, 6) is 0.724. The maximum absolute atomic E-state index is 12.0. The molecule has 0 saturated carbocycles. The maximum atomic E-state index is 12.0. The Hall–Kier alpha value is -1.39. The molecule has 0 N–H and O–H groups in total. The molecule has 0 spiro atoms. The maximum Gasteiger partial charge on any atom is 0.223 e.